The summed E-state index contributed by atoms with van der Waals surface area (Å²) in [5.41, 5.74) is 0.607. The van der Waals surface area contributed by atoms with E-state index in [9.17, 15) is 9.59 Å². The van der Waals surface area contributed by atoms with Crippen molar-refractivity contribution < 1.29 is 19.4 Å². The van der Waals surface area contributed by atoms with Crippen molar-refractivity contribution in [1.82, 2.24) is 4.90 Å². The molecule has 3 rings (SSSR count). The van der Waals surface area contributed by atoms with Crippen LogP contribution in [0.5, 0.6) is 11.5 Å². The number of piperidine rings is 1. The lowest BCUT2D eigenvalue weighted by Gasteiger charge is -2.30. The number of ether oxygens (including phenoxy) is 1. The van der Waals surface area contributed by atoms with Crippen LogP contribution in [0, 0.1) is 5.92 Å². The second-order valence-electron chi connectivity index (χ2n) is 6.00. The SMILES string of the molecule is O=C(O)C1CCCN(C(=O)Nc2cccc(Oc3ccccc3)c2)C1. The van der Waals surface area contributed by atoms with Crippen LogP contribution in [0.4, 0.5) is 10.5 Å². The fraction of sp³-hybridized carbons (Fsp3) is 0.263. The molecule has 1 unspecified atom stereocenters. The molecule has 0 radical (unpaired) electrons. The predicted octanol–water partition coefficient (Wildman–Crippen LogP) is 3.81. The number of benzene rings is 2. The van der Waals surface area contributed by atoms with Crippen LogP contribution in [0.3, 0.4) is 0 Å². The molecule has 2 aromatic rings. The van der Waals surface area contributed by atoms with Gasteiger partial charge in [-0.05, 0) is 37.1 Å². The van der Waals surface area contributed by atoms with E-state index in [4.69, 9.17) is 9.84 Å². The minimum absolute atomic E-state index is 0.237. The highest BCUT2D eigenvalue weighted by Gasteiger charge is 2.28. The number of nitrogens with one attached hydrogen (secondary N) is 1. The molecule has 1 fully saturated rings. The van der Waals surface area contributed by atoms with Crippen molar-refractivity contribution in [3.63, 3.8) is 0 Å². The van der Waals surface area contributed by atoms with Gasteiger partial charge in [-0.3, -0.25) is 4.79 Å². The van der Waals surface area contributed by atoms with Crippen LogP contribution in [0.15, 0.2) is 54.6 Å². The van der Waals surface area contributed by atoms with Gasteiger partial charge in [-0.1, -0.05) is 24.3 Å². The average molecular weight is 340 g/mol. The second kappa shape index (κ2) is 7.70. The van der Waals surface area contributed by atoms with Gasteiger partial charge in [0.25, 0.3) is 0 Å². The van der Waals surface area contributed by atoms with E-state index in [0.717, 1.165) is 0 Å². The largest absolute Gasteiger partial charge is 0.481 e. The van der Waals surface area contributed by atoms with Crippen LogP contribution >= 0.6 is 0 Å². The first-order chi connectivity index (χ1) is 12.1. The van der Waals surface area contributed by atoms with Gasteiger partial charge < -0.3 is 20.1 Å². The molecule has 0 saturated carbocycles. The van der Waals surface area contributed by atoms with Crippen LogP contribution in [0.25, 0.3) is 0 Å². The zero-order chi connectivity index (χ0) is 17.6. The van der Waals surface area contributed by atoms with Gasteiger partial charge in [0.2, 0.25) is 0 Å². The number of anilines is 1. The number of urea groups is 1. The summed E-state index contributed by atoms with van der Waals surface area (Å²) in [6.07, 6.45) is 1.31. The zero-order valence-electron chi connectivity index (χ0n) is 13.7. The highest BCUT2D eigenvalue weighted by atomic mass is 16.5. The van der Waals surface area contributed by atoms with E-state index >= 15 is 0 Å². The molecule has 0 bridgehead atoms. The van der Waals surface area contributed by atoms with Gasteiger partial charge in [0.15, 0.2) is 0 Å². The summed E-state index contributed by atoms with van der Waals surface area (Å²) >= 11 is 0. The second-order valence-corrected chi connectivity index (χ2v) is 6.00. The number of aliphatic carboxylic acids is 1. The van der Waals surface area contributed by atoms with Gasteiger partial charge >= 0.3 is 12.0 Å². The molecule has 1 aliphatic rings. The van der Waals surface area contributed by atoms with Crippen LogP contribution in [0.2, 0.25) is 0 Å². The maximum atomic E-state index is 12.4. The van der Waals surface area contributed by atoms with Gasteiger partial charge in [-0.15, -0.1) is 0 Å². The van der Waals surface area contributed by atoms with E-state index in [0.29, 0.717) is 36.6 Å². The Balaban J connectivity index is 1.63. The predicted molar refractivity (Wildman–Crippen MR) is 93.9 cm³/mol. The van der Waals surface area contributed by atoms with Gasteiger partial charge in [0.05, 0.1) is 5.92 Å². The first-order valence-electron chi connectivity index (χ1n) is 8.23. The number of carbonyl (C=O) groups is 2. The minimum atomic E-state index is -0.851. The summed E-state index contributed by atoms with van der Waals surface area (Å²) < 4.78 is 5.75. The van der Waals surface area contributed by atoms with Gasteiger partial charge in [-0.2, -0.15) is 0 Å². The molecule has 1 atom stereocenters. The Kier molecular flexibility index (Phi) is 5.18. The topological polar surface area (TPSA) is 78.9 Å². The molecule has 6 heteroatoms. The Morgan fingerprint density at radius 1 is 1.08 bits per heavy atom. The van der Waals surface area contributed by atoms with E-state index in [1.165, 1.54) is 0 Å². The zero-order valence-corrected chi connectivity index (χ0v) is 13.7. The molecule has 25 heavy (non-hydrogen) atoms. The monoisotopic (exact) mass is 340 g/mol. The number of amides is 2. The lowest BCUT2D eigenvalue weighted by molar-refractivity contribution is -0.143. The Bertz CT molecular complexity index is 748. The Hall–Kier alpha value is -3.02. The van der Waals surface area contributed by atoms with Crippen molar-refractivity contribution in [3.05, 3.63) is 54.6 Å². The Labute approximate surface area is 146 Å². The average Bonchev–Trinajstić information content (AvgIpc) is 2.63. The first kappa shape index (κ1) is 16.8. The molecule has 0 aliphatic carbocycles. The van der Waals surface area contributed by atoms with Crippen LogP contribution in [-0.2, 0) is 4.79 Å². The third-order valence-corrected chi connectivity index (χ3v) is 4.12. The lowest BCUT2D eigenvalue weighted by atomic mass is 9.99. The summed E-state index contributed by atoms with van der Waals surface area (Å²) in [6.45, 7) is 0.803. The van der Waals surface area contributed by atoms with Crippen molar-refractivity contribution >= 4 is 17.7 Å². The van der Waals surface area contributed by atoms with E-state index in [-0.39, 0.29) is 12.6 Å². The molecule has 6 nitrogen and oxygen atoms in total. The van der Waals surface area contributed by atoms with Gasteiger partial charge in [0, 0.05) is 24.8 Å². The molecule has 130 valence electrons. The molecular formula is C19H20N2O4. The number of nitrogens with zero attached hydrogens (tertiary/aromatic N) is 1. The minimum Gasteiger partial charge on any atom is -0.481 e. The van der Waals surface area contributed by atoms with Gasteiger partial charge in [0.1, 0.15) is 11.5 Å². The van der Waals surface area contributed by atoms with Crippen LogP contribution in [-0.4, -0.2) is 35.1 Å². The number of para-hydroxylation sites is 1. The van der Waals surface area contributed by atoms with Crippen molar-refractivity contribution in [2.24, 2.45) is 5.92 Å². The molecular weight excluding hydrogens is 320 g/mol. The van der Waals surface area contributed by atoms with Crippen molar-refractivity contribution in [2.45, 2.75) is 12.8 Å². The summed E-state index contributed by atoms with van der Waals surface area (Å²) in [6, 6.07) is 16.2. The van der Waals surface area contributed by atoms with E-state index in [2.05, 4.69) is 5.32 Å². The number of carbonyl (C=O) groups excluding carboxylic acids is 1. The van der Waals surface area contributed by atoms with Gasteiger partial charge in [-0.25, -0.2) is 4.79 Å². The molecule has 2 N–H and O–H groups in total. The lowest BCUT2D eigenvalue weighted by Crippen LogP contribution is -2.44. The first-order valence-corrected chi connectivity index (χ1v) is 8.23. The quantitative estimate of drug-likeness (QED) is 0.887. The van der Waals surface area contributed by atoms with Crippen molar-refractivity contribution in [3.8, 4) is 11.5 Å². The third-order valence-electron chi connectivity index (χ3n) is 4.12. The highest BCUT2D eigenvalue weighted by Crippen LogP contribution is 2.24. The Morgan fingerprint density at radius 3 is 2.60 bits per heavy atom. The molecule has 2 aromatic carbocycles. The van der Waals surface area contributed by atoms with Crippen molar-refractivity contribution in [2.75, 3.05) is 18.4 Å². The molecule has 0 spiro atoms. The van der Waals surface area contributed by atoms with Crippen LogP contribution in [0.1, 0.15) is 12.8 Å². The van der Waals surface area contributed by atoms with E-state index in [1.807, 2.05) is 36.4 Å². The maximum Gasteiger partial charge on any atom is 0.321 e. The molecule has 0 aromatic heterocycles. The standard InChI is InChI=1S/C19H20N2O4/c22-18(23)14-6-5-11-21(13-14)19(24)20-15-7-4-10-17(12-15)25-16-8-2-1-3-9-16/h1-4,7-10,12,14H,5-6,11,13H2,(H,20,24)(H,22,23). The molecule has 1 saturated heterocycles. The molecule has 1 aliphatic heterocycles. The number of hydrogen-bond acceptors (Lipinski definition) is 3. The van der Waals surface area contributed by atoms with E-state index in [1.54, 1.807) is 23.1 Å². The summed E-state index contributed by atoms with van der Waals surface area (Å²) in [5, 5.41) is 11.9. The summed E-state index contributed by atoms with van der Waals surface area (Å²) in [7, 11) is 0. The normalized spacial score (nSPS) is 17.0. The fourth-order valence-electron chi connectivity index (χ4n) is 2.83. The number of hydrogen-bond donors (Lipinski definition) is 2. The Morgan fingerprint density at radius 2 is 1.84 bits per heavy atom. The number of carboxylic acid groups (broad SMARTS) is 1. The molecule has 2 amide bonds. The van der Waals surface area contributed by atoms with E-state index < -0.39 is 11.9 Å². The smallest absolute Gasteiger partial charge is 0.321 e. The summed E-state index contributed by atoms with van der Waals surface area (Å²) in [5.74, 6) is -0.0135. The number of carboxylic acids is 1. The third kappa shape index (κ3) is 4.50. The number of likely N-dealkylation sites (tertiary alicyclic amines) is 1. The fourth-order valence-corrected chi connectivity index (χ4v) is 2.83. The number of rotatable bonds is 4. The highest BCUT2D eigenvalue weighted by molar-refractivity contribution is 5.90. The maximum absolute atomic E-state index is 12.4. The van der Waals surface area contributed by atoms with Crippen LogP contribution < -0.4 is 10.1 Å². The summed E-state index contributed by atoms with van der Waals surface area (Å²) in [4.78, 5) is 25.1. The molecule has 1 heterocycles. The van der Waals surface area contributed by atoms with Crippen molar-refractivity contribution in [1.29, 1.82) is 0 Å².